The number of aryl methyl sites for hydroxylation is 1. The van der Waals surface area contributed by atoms with Gasteiger partial charge in [0.25, 0.3) is 0 Å². The van der Waals surface area contributed by atoms with E-state index >= 15 is 0 Å². The van der Waals surface area contributed by atoms with Gasteiger partial charge in [0, 0.05) is 55.8 Å². The van der Waals surface area contributed by atoms with E-state index in [1.807, 2.05) is 90.5 Å². The highest BCUT2D eigenvalue weighted by molar-refractivity contribution is 5.95. The fraction of sp³-hybridized carbons (Fsp3) is 0.652. The van der Waals surface area contributed by atoms with Gasteiger partial charge in [-0.2, -0.15) is 0 Å². The summed E-state index contributed by atoms with van der Waals surface area (Å²) in [5.41, 5.74) is -1.17. The van der Waals surface area contributed by atoms with Crippen molar-refractivity contribution in [2.75, 3.05) is 20.6 Å². The molecule has 15 nitrogen and oxygen atoms in total. The quantitative estimate of drug-likeness (QED) is 0.0968. The number of likely N-dealkylation sites (N-methyl/N-ethyl adjacent to an activating group) is 2. The number of nitrogens with one attached hydrogen (secondary N) is 3. The molecule has 1 heterocycles. The van der Waals surface area contributed by atoms with Crippen LogP contribution in [0.3, 0.4) is 0 Å². The number of aromatic nitrogens is 1. The van der Waals surface area contributed by atoms with Crippen LogP contribution >= 0.6 is 0 Å². The number of benzene rings is 1. The second kappa shape index (κ2) is 20.7. The summed E-state index contributed by atoms with van der Waals surface area (Å²) < 4.78 is 12.9. The molecule has 0 saturated heterocycles. The summed E-state index contributed by atoms with van der Waals surface area (Å²) >= 11 is 0. The maximum atomic E-state index is 14.8. The molecular weight excluding hydrogens is 781 g/mol. The fourth-order valence-electron chi connectivity index (χ4n) is 7.26. The van der Waals surface area contributed by atoms with Crippen LogP contribution in [-0.4, -0.2) is 111 Å². The Labute approximate surface area is 363 Å². The van der Waals surface area contributed by atoms with E-state index in [2.05, 4.69) is 16.0 Å². The number of ether oxygens (including phenoxy) is 2. The average Bonchev–Trinajstić information content (AvgIpc) is 3.46. The molecule has 0 saturated carbocycles. The van der Waals surface area contributed by atoms with E-state index in [1.165, 1.54) is 11.9 Å². The van der Waals surface area contributed by atoms with Crippen molar-refractivity contribution in [2.24, 2.45) is 18.4 Å². The summed E-state index contributed by atoms with van der Waals surface area (Å²) in [4.78, 5) is 83.0. The van der Waals surface area contributed by atoms with Crippen LogP contribution in [0.15, 0.2) is 42.1 Å². The molecule has 2 aromatic rings. The third-order valence-corrected chi connectivity index (χ3v) is 10.4. The molecule has 61 heavy (non-hydrogen) atoms. The normalized spacial score (nSPS) is 14.7. The van der Waals surface area contributed by atoms with E-state index in [4.69, 9.17) is 9.47 Å². The number of carbonyl (C=O) groups is 6. The lowest BCUT2D eigenvalue weighted by Crippen LogP contribution is -2.63. The molecular formula is C46H74N6O9. The zero-order valence-electron chi connectivity index (χ0n) is 39.7. The molecule has 0 bridgehead atoms. The molecule has 2 unspecified atom stereocenters. The Bertz CT molecular complexity index is 1910. The van der Waals surface area contributed by atoms with Gasteiger partial charge >= 0.3 is 18.2 Å². The minimum atomic E-state index is -1.18. The van der Waals surface area contributed by atoms with E-state index in [0.717, 1.165) is 16.5 Å². The van der Waals surface area contributed by atoms with Gasteiger partial charge in [0.1, 0.15) is 29.3 Å². The zero-order chi connectivity index (χ0) is 47.0. The largest absolute Gasteiger partial charge is 0.480 e. The number of hydrogen-bond donors (Lipinski definition) is 4. The molecule has 1 aromatic heterocycles. The molecule has 4 atom stereocenters. The minimum absolute atomic E-state index is 0.130. The van der Waals surface area contributed by atoms with Crippen LogP contribution in [0.1, 0.15) is 122 Å². The standard InChI is InChI=1S/C46H74N6O9/c1-28(2)34(26-29(3)37(53)47-25-21-20-23-32(40(56)57)48-41(58)60-44(7,8)9)51(16)39(55)35(43(4,5)6)49-38(54)36(52(17)42(59)61-45(10,11)12)46(13,14)31-27-50(15)33-24-19-18-22-30(31)33/h18-19,22,24,26-28,32,34-36H,20-21,23,25H2,1-17H3,(H,47,53)(H,48,58)(H,49,54)(H,56,57)/b29-26+/t32?,34-,35?,36-/m1/s1. The number of para-hydroxylation sites is 1. The number of carboxylic acids is 1. The monoisotopic (exact) mass is 855 g/mol. The Kier molecular flexibility index (Phi) is 17.6. The molecule has 0 aliphatic rings. The highest BCUT2D eigenvalue weighted by Gasteiger charge is 2.47. The van der Waals surface area contributed by atoms with Crippen molar-refractivity contribution < 1.29 is 43.3 Å². The van der Waals surface area contributed by atoms with E-state index in [1.54, 1.807) is 66.5 Å². The smallest absolute Gasteiger partial charge is 0.410 e. The van der Waals surface area contributed by atoms with E-state index in [-0.39, 0.29) is 30.7 Å². The second-order valence-electron chi connectivity index (χ2n) is 20.0. The predicted octanol–water partition coefficient (Wildman–Crippen LogP) is 6.92. The molecule has 0 aliphatic heterocycles. The molecule has 0 fully saturated rings. The SMILES string of the molecule is C/C(=C\[C@H](C(C)C)N(C)C(=O)C(NC(=O)[C@@H](N(C)C(=O)OC(C)(C)C)C(C)(C)c1cn(C)c2ccccc12)C(C)(C)C)C(=O)NCCCCC(NC(=O)OC(C)(C)C)C(=O)O. The first-order chi connectivity index (χ1) is 27.8. The van der Waals surface area contributed by atoms with Crippen molar-refractivity contribution in [1.29, 1.82) is 0 Å². The van der Waals surface area contributed by atoms with Gasteiger partial charge in [-0.3, -0.25) is 19.3 Å². The summed E-state index contributed by atoms with van der Waals surface area (Å²) in [5, 5.41) is 18.8. The molecule has 15 heteroatoms. The summed E-state index contributed by atoms with van der Waals surface area (Å²) in [6.45, 7) is 25.5. The number of aliphatic carboxylic acids is 1. The van der Waals surface area contributed by atoms with Gasteiger partial charge in [0.05, 0.1) is 6.04 Å². The first kappa shape index (κ1) is 52.1. The average molecular weight is 855 g/mol. The highest BCUT2D eigenvalue weighted by Crippen LogP contribution is 2.37. The first-order valence-electron chi connectivity index (χ1n) is 21.1. The number of amides is 5. The van der Waals surface area contributed by atoms with Gasteiger partial charge in [-0.05, 0) is 90.7 Å². The summed E-state index contributed by atoms with van der Waals surface area (Å²) in [5.74, 6) is -2.57. The van der Waals surface area contributed by atoms with Crippen LogP contribution in [0, 0.1) is 11.3 Å². The minimum Gasteiger partial charge on any atom is -0.480 e. The number of carbonyl (C=O) groups excluding carboxylic acids is 5. The van der Waals surface area contributed by atoms with Crippen LogP contribution in [-0.2, 0) is 41.1 Å². The molecule has 4 N–H and O–H groups in total. The van der Waals surface area contributed by atoms with E-state index in [9.17, 15) is 33.9 Å². The van der Waals surface area contributed by atoms with Crippen molar-refractivity contribution in [3.05, 3.63) is 47.7 Å². The Hall–Kier alpha value is -5.08. The Morgan fingerprint density at radius 1 is 0.836 bits per heavy atom. The number of rotatable bonds is 17. The number of carboxylic acid groups (broad SMARTS) is 1. The molecule has 0 spiro atoms. The molecule has 5 amide bonds. The van der Waals surface area contributed by atoms with Gasteiger partial charge in [0.2, 0.25) is 17.7 Å². The zero-order valence-corrected chi connectivity index (χ0v) is 39.7. The molecule has 342 valence electrons. The molecule has 0 radical (unpaired) electrons. The van der Waals surface area contributed by atoms with E-state index < -0.39 is 70.3 Å². The lowest BCUT2D eigenvalue weighted by Gasteiger charge is -2.42. The Morgan fingerprint density at radius 2 is 1.41 bits per heavy atom. The predicted molar refractivity (Wildman–Crippen MR) is 238 cm³/mol. The van der Waals surface area contributed by atoms with Crippen molar-refractivity contribution >= 4 is 46.8 Å². The number of fused-ring (bicyclic) bond motifs is 1. The maximum absolute atomic E-state index is 14.8. The number of nitrogens with zero attached hydrogens (tertiary/aromatic N) is 3. The fourth-order valence-corrected chi connectivity index (χ4v) is 7.26. The van der Waals surface area contributed by atoms with Crippen molar-refractivity contribution in [3.63, 3.8) is 0 Å². The number of unbranched alkanes of at least 4 members (excludes halogenated alkanes) is 1. The van der Waals surface area contributed by atoms with Crippen LogP contribution in [0.5, 0.6) is 0 Å². The van der Waals surface area contributed by atoms with Crippen molar-refractivity contribution in [3.8, 4) is 0 Å². The van der Waals surface area contributed by atoms with Gasteiger partial charge in [-0.15, -0.1) is 0 Å². The summed E-state index contributed by atoms with van der Waals surface area (Å²) in [6, 6.07) is 4.02. The van der Waals surface area contributed by atoms with Crippen molar-refractivity contribution in [1.82, 2.24) is 30.3 Å². The maximum Gasteiger partial charge on any atom is 0.410 e. The van der Waals surface area contributed by atoms with Crippen LogP contribution in [0.4, 0.5) is 9.59 Å². The topological polar surface area (TPSA) is 189 Å². The van der Waals surface area contributed by atoms with Crippen LogP contribution in [0.2, 0.25) is 0 Å². The molecule has 1 aromatic carbocycles. The van der Waals surface area contributed by atoms with Crippen molar-refractivity contribution in [2.45, 2.75) is 157 Å². The summed E-state index contributed by atoms with van der Waals surface area (Å²) in [6.07, 6.45) is 3.21. The van der Waals surface area contributed by atoms with E-state index in [0.29, 0.717) is 18.4 Å². The third kappa shape index (κ3) is 14.8. The lowest BCUT2D eigenvalue weighted by molar-refractivity contribution is -0.142. The molecule has 2 rings (SSSR count). The molecule has 0 aliphatic carbocycles. The third-order valence-electron chi connectivity index (χ3n) is 10.4. The number of alkyl carbamates (subject to hydrolysis) is 1. The van der Waals surface area contributed by atoms with Gasteiger partial charge in [-0.25, -0.2) is 14.4 Å². The van der Waals surface area contributed by atoms with Crippen LogP contribution < -0.4 is 16.0 Å². The van der Waals surface area contributed by atoms with Gasteiger partial charge in [0.15, 0.2) is 0 Å². The van der Waals surface area contributed by atoms with Crippen LogP contribution in [0.25, 0.3) is 10.9 Å². The summed E-state index contributed by atoms with van der Waals surface area (Å²) in [7, 11) is 5.11. The second-order valence-corrected chi connectivity index (χ2v) is 20.0. The Morgan fingerprint density at radius 3 is 1.93 bits per heavy atom. The lowest BCUT2D eigenvalue weighted by atomic mass is 9.76. The Balaban J connectivity index is 2.34. The van der Waals surface area contributed by atoms with Gasteiger partial charge < -0.3 is 40.0 Å². The first-order valence-corrected chi connectivity index (χ1v) is 21.1. The van der Waals surface area contributed by atoms with Gasteiger partial charge in [-0.1, -0.05) is 72.7 Å². The highest BCUT2D eigenvalue weighted by atomic mass is 16.6. The number of hydrogen-bond acceptors (Lipinski definition) is 8.